The maximum Gasteiger partial charge on any atom is 0.0761 e. The second-order valence-corrected chi connectivity index (χ2v) is 6.51. The number of rotatable bonds is 2. The topological polar surface area (TPSA) is 43.7 Å². The second kappa shape index (κ2) is 5.38. The van der Waals surface area contributed by atoms with Crippen molar-refractivity contribution in [2.45, 2.75) is 50.7 Å². The normalized spacial score (nSPS) is 31.8. The molecule has 1 heterocycles. The van der Waals surface area contributed by atoms with Crippen molar-refractivity contribution < 1.29 is 10.2 Å². The van der Waals surface area contributed by atoms with Crippen LogP contribution >= 0.6 is 0 Å². The number of anilines is 1. The first kappa shape index (κ1) is 13.9. The number of aliphatic hydroxyl groups excluding tert-OH is 1. The van der Waals surface area contributed by atoms with Gasteiger partial charge in [0.15, 0.2) is 0 Å². The minimum Gasteiger partial charge on any atom is -0.389 e. The van der Waals surface area contributed by atoms with E-state index in [1.807, 2.05) is 12.1 Å². The van der Waals surface area contributed by atoms with Crippen LogP contribution in [0.15, 0.2) is 24.3 Å². The second-order valence-electron chi connectivity index (χ2n) is 6.51. The molecule has 1 aromatic rings. The molecule has 1 aliphatic heterocycles. The summed E-state index contributed by atoms with van der Waals surface area (Å²) in [6.07, 6.45) is 5.03. The highest BCUT2D eigenvalue weighted by Crippen LogP contribution is 2.40. The van der Waals surface area contributed by atoms with Crippen LogP contribution in [0.1, 0.15) is 50.7 Å². The van der Waals surface area contributed by atoms with Crippen molar-refractivity contribution >= 4 is 5.69 Å². The van der Waals surface area contributed by atoms with Crippen LogP contribution in [-0.4, -0.2) is 28.9 Å². The molecule has 1 saturated heterocycles. The third kappa shape index (κ3) is 2.57. The summed E-state index contributed by atoms with van der Waals surface area (Å²) in [5.74, 6) is 0.418. The third-order valence-corrected chi connectivity index (χ3v) is 5.17. The molecule has 2 fully saturated rings. The van der Waals surface area contributed by atoms with Crippen LogP contribution in [0.3, 0.4) is 0 Å². The van der Waals surface area contributed by atoms with Gasteiger partial charge in [0.2, 0.25) is 0 Å². The fourth-order valence-electron chi connectivity index (χ4n) is 3.77. The Bertz CT molecular complexity index is 457. The first-order chi connectivity index (χ1) is 9.58. The van der Waals surface area contributed by atoms with E-state index in [2.05, 4.69) is 17.0 Å². The minimum absolute atomic E-state index is 0.408. The fraction of sp³-hybridized carbons (Fsp3) is 0.647. The van der Waals surface area contributed by atoms with Gasteiger partial charge in [-0.15, -0.1) is 0 Å². The van der Waals surface area contributed by atoms with Gasteiger partial charge in [0, 0.05) is 24.7 Å². The zero-order valence-corrected chi connectivity index (χ0v) is 12.3. The van der Waals surface area contributed by atoms with Crippen molar-refractivity contribution in [1.82, 2.24) is 0 Å². The Morgan fingerprint density at radius 1 is 1.20 bits per heavy atom. The Balaban J connectivity index is 1.72. The van der Waals surface area contributed by atoms with E-state index in [-0.39, 0.29) is 0 Å². The fourth-order valence-corrected chi connectivity index (χ4v) is 3.77. The molecule has 0 radical (unpaired) electrons. The smallest absolute Gasteiger partial charge is 0.0761 e. The van der Waals surface area contributed by atoms with Crippen molar-refractivity contribution in [3.8, 4) is 0 Å². The Kier molecular flexibility index (Phi) is 3.74. The van der Waals surface area contributed by atoms with Gasteiger partial charge in [-0.1, -0.05) is 25.0 Å². The standard InChI is InChI=1S/C17H25NO2/c1-13(19)14-5-7-16(8-6-14)18-11-10-17(20)9-3-2-4-15(17)12-18/h5-8,13,15,19-20H,2-4,9-12H2,1H3/t13-,15?,17?/m0/s1. The number of piperidine rings is 1. The summed E-state index contributed by atoms with van der Waals surface area (Å²) in [6.45, 7) is 3.68. The average Bonchev–Trinajstić information content (AvgIpc) is 2.46. The van der Waals surface area contributed by atoms with Gasteiger partial charge in [-0.25, -0.2) is 0 Å². The predicted molar refractivity (Wildman–Crippen MR) is 80.8 cm³/mol. The monoisotopic (exact) mass is 275 g/mol. The number of fused-ring (bicyclic) bond motifs is 1. The lowest BCUT2D eigenvalue weighted by Crippen LogP contribution is -2.53. The Morgan fingerprint density at radius 2 is 1.95 bits per heavy atom. The third-order valence-electron chi connectivity index (χ3n) is 5.17. The maximum atomic E-state index is 10.7. The van der Waals surface area contributed by atoms with Crippen molar-refractivity contribution in [2.75, 3.05) is 18.0 Å². The van der Waals surface area contributed by atoms with Crippen molar-refractivity contribution in [3.05, 3.63) is 29.8 Å². The number of benzene rings is 1. The molecule has 1 aliphatic carbocycles. The lowest BCUT2D eigenvalue weighted by Gasteiger charge is -2.48. The molecule has 110 valence electrons. The van der Waals surface area contributed by atoms with Crippen LogP contribution in [0.25, 0.3) is 0 Å². The van der Waals surface area contributed by atoms with Gasteiger partial charge in [0.25, 0.3) is 0 Å². The maximum absolute atomic E-state index is 10.7. The highest BCUT2D eigenvalue weighted by atomic mass is 16.3. The summed E-state index contributed by atoms with van der Waals surface area (Å²) in [7, 11) is 0. The van der Waals surface area contributed by atoms with E-state index in [9.17, 15) is 10.2 Å². The number of nitrogens with zero attached hydrogens (tertiary/aromatic N) is 1. The van der Waals surface area contributed by atoms with E-state index in [0.29, 0.717) is 5.92 Å². The predicted octanol–water partition coefficient (Wildman–Crippen LogP) is 2.87. The Hall–Kier alpha value is -1.06. The average molecular weight is 275 g/mol. The van der Waals surface area contributed by atoms with Crippen LogP contribution in [0.5, 0.6) is 0 Å². The first-order valence-electron chi connectivity index (χ1n) is 7.84. The van der Waals surface area contributed by atoms with E-state index in [1.54, 1.807) is 6.92 Å². The molecule has 3 heteroatoms. The highest BCUT2D eigenvalue weighted by Gasteiger charge is 2.42. The van der Waals surface area contributed by atoms with Gasteiger partial charge < -0.3 is 15.1 Å². The molecular formula is C17H25NO2. The molecular weight excluding hydrogens is 250 g/mol. The molecule has 0 bridgehead atoms. The highest BCUT2D eigenvalue weighted by molar-refractivity contribution is 5.48. The Labute approximate surface area is 121 Å². The molecule has 3 nitrogen and oxygen atoms in total. The summed E-state index contributed by atoms with van der Waals surface area (Å²) in [5.41, 5.74) is 1.76. The van der Waals surface area contributed by atoms with Gasteiger partial charge in [-0.3, -0.25) is 0 Å². The molecule has 0 amide bonds. The lowest BCUT2D eigenvalue weighted by molar-refractivity contribution is -0.0612. The quantitative estimate of drug-likeness (QED) is 0.872. The van der Waals surface area contributed by atoms with Crippen LogP contribution in [0, 0.1) is 5.92 Å². The zero-order chi connectivity index (χ0) is 14.2. The molecule has 2 unspecified atom stereocenters. The van der Waals surface area contributed by atoms with E-state index >= 15 is 0 Å². The molecule has 1 saturated carbocycles. The van der Waals surface area contributed by atoms with Crippen molar-refractivity contribution in [1.29, 1.82) is 0 Å². The van der Waals surface area contributed by atoms with Crippen LogP contribution in [0.4, 0.5) is 5.69 Å². The summed E-state index contributed by atoms with van der Waals surface area (Å²) in [6, 6.07) is 8.19. The Morgan fingerprint density at radius 3 is 2.65 bits per heavy atom. The molecule has 3 rings (SSSR count). The van der Waals surface area contributed by atoms with Gasteiger partial charge in [-0.05, 0) is 43.9 Å². The van der Waals surface area contributed by atoms with Crippen molar-refractivity contribution in [2.24, 2.45) is 5.92 Å². The number of aliphatic hydroxyl groups is 2. The molecule has 20 heavy (non-hydrogen) atoms. The first-order valence-corrected chi connectivity index (χ1v) is 7.84. The summed E-state index contributed by atoms with van der Waals surface area (Å²) in [5, 5.41) is 20.3. The lowest BCUT2D eigenvalue weighted by atomic mass is 9.71. The molecule has 2 aliphatic rings. The summed E-state index contributed by atoms with van der Waals surface area (Å²) in [4.78, 5) is 2.39. The molecule has 0 aromatic heterocycles. The van der Waals surface area contributed by atoms with E-state index in [1.165, 1.54) is 18.5 Å². The van der Waals surface area contributed by atoms with Crippen LogP contribution in [-0.2, 0) is 0 Å². The van der Waals surface area contributed by atoms with Gasteiger partial charge >= 0.3 is 0 Å². The van der Waals surface area contributed by atoms with E-state index in [0.717, 1.165) is 37.9 Å². The summed E-state index contributed by atoms with van der Waals surface area (Å²) < 4.78 is 0. The van der Waals surface area contributed by atoms with Gasteiger partial charge in [-0.2, -0.15) is 0 Å². The minimum atomic E-state index is -0.408. The van der Waals surface area contributed by atoms with Crippen molar-refractivity contribution in [3.63, 3.8) is 0 Å². The molecule has 3 atom stereocenters. The largest absolute Gasteiger partial charge is 0.389 e. The summed E-state index contributed by atoms with van der Waals surface area (Å²) >= 11 is 0. The number of hydrogen-bond donors (Lipinski definition) is 2. The van der Waals surface area contributed by atoms with Gasteiger partial charge in [0.05, 0.1) is 11.7 Å². The molecule has 2 N–H and O–H groups in total. The molecule has 1 aromatic carbocycles. The molecule has 0 spiro atoms. The van der Waals surface area contributed by atoms with E-state index < -0.39 is 11.7 Å². The SMILES string of the molecule is C[C@H](O)c1ccc(N2CCC3(O)CCCCC3C2)cc1. The zero-order valence-electron chi connectivity index (χ0n) is 12.3. The van der Waals surface area contributed by atoms with E-state index in [4.69, 9.17) is 0 Å². The van der Waals surface area contributed by atoms with Gasteiger partial charge in [0.1, 0.15) is 0 Å². The van der Waals surface area contributed by atoms with Crippen LogP contribution < -0.4 is 4.90 Å². The van der Waals surface area contributed by atoms with Crippen LogP contribution in [0.2, 0.25) is 0 Å². The number of hydrogen-bond acceptors (Lipinski definition) is 3.